The van der Waals surface area contributed by atoms with Gasteiger partial charge in [-0.3, -0.25) is 0 Å². The van der Waals surface area contributed by atoms with Crippen LogP contribution in [0.3, 0.4) is 0 Å². The molecule has 2 aliphatic carbocycles. The van der Waals surface area contributed by atoms with Crippen LogP contribution in [0.1, 0.15) is 26.7 Å². The van der Waals surface area contributed by atoms with Gasteiger partial charge in [0.05, 0.1) is 0 Å². The summed E-state index contributed by atoms with van der Waals surface area (Å²) >= 11 is 6.17. The van der Waals surface area contributed by atoms with Crippen molar-refractivity contribution in [3.05, 3.63) is 0 Å². The molecule has 0 radical (unpaired) electrons. The fourth-order valence-electron chi connectivity index (χ4n) is 2.85. The molecule has 0 spiro atoms. The van der Waals surface area contributed by atoms with Crippen LogP contribution >= 0.6 is 11.6 Å². The fraction of sp³-hybridized carbons (Fsp3) is 1.00. The summed E-state index contributed by atoms with van der Waals surface area (Å²) in [4.78, 5) is 0. The minimum atomic E-state index is 0.510. The fourth-order valence-corrected chi connectivity index (χ4v) is 3.41. The second-order valence-corrected chi connectivity index (χ2v) is 4.69. The van der Waals surface area contributed by atoms with Gasteiger partial charge in [-0.15, -0.1) is 11.6 Å². The predicted molar refractivity (Wildman–Crippen MR) is 44.2 cm³/mol. The van der Waals surface area contributed by atoms with Gasteiger partial charge in [0.1, 0.15) is 0 Å². The number of alkyl halides is 1. The van der Waals surface area contributed by atoms with Crippen LogP contribution in [0.4, 0.5) is 0 Å². The summed E-state index contributed by atoms with van der Waals surface area (Å²) in [7, 11) is 0. The van der Waals surface area contributed by atoms with Crippen molar-refractivity contribution in [3.8, 4) is 0 Å². The lowest BCUT2D eigenvalue weighted by Gasteiger charge is -2.27. The molecule has 5 atom stereocenters. The molecule has 10 heavy (non-hydrogen) atoms. The molecule has 1 heteroatoms. The van der Waals surface area contributed by atoms with Gasteiger partial charge in [0.25, 0.3) is 0 Å². The van der Waals surface area contributed by atoms with E-state index in [9.17, 15) is 0 Å². The van der Waals surface area contributed by atoms with E-state index in [0.717, 1.165) is 23.7 Å². The van der Waals surface area contributed by atoms with Crippen molar-refractivity contribution in [3.63, 3.8) is 0 Å². The zero-order valence-electron chi connectivity index (χ0n) is 6.68. The Labute approximate surface area is 68.0 Å². The molecule has 3 unspecified atom stereocenters. The van der Waals surface area contributed by atoms with Crippen LogP contribution in [-0.2, 0) is 0 Å². The van der Waals surface area contributed by atoms with Crippen molar-refractivity contribution >= 4 is 11.6 Å². The molecule has 0 aromatic carbocycles. The van der Waals surface area contributed by atoms with E-state index < -0.39 is 0 Å². The molecule has 0 aliphatic heterocycles. The van der Waals surface area contributed by atoms with Crippen LogP contribution in [0, 0.1) is 23.7 Å². The smallest absolute Gasteiger partial charge is 0.0369 e. The van der Waals surface area contributed by atoms with E-state index in [0.29, 0.717) is 5.38 Å². The minimum absolute atomic E-state index is 0.510. The summed E-state index contributed by atoms with van der Waals surface area (Å²) in [6, 6.07) is 0. The van der Waals surface area contributed by atoms with Crippen molar-refractivity contribution in [1.29, 1.82) is 0 Å². The maximum atomic E-state index is 6.17. The molecule has 2 aliphatic rings. The first-order valence-corrected chi connectivity index (χ1v) is 4.78. The molecule has 58 valence electrons. The summed E-state index contributed by atoms with van der Waals surface area (Å²) in [6.45, 7) is 4.75. The maximum absolute atomic E-state index is 6.17. The summed E-state index contributed by atoms with van der Waals surface area (Å²) in [5.41, 5.74) is 0. The standard InChI is InChI=1S/C9H15Cl/c1-5-6(2)8-3-7(5)4-9(8)10/h5-9H,3-4H2,1-2H3/t5?,6?,7-,8-,9?/m1/s1. The number of hydrogen-bond donors (Lipinski definition) is 0. The van der Waals surface area contributed by atoms with Crippen molar-refractivity contribution in [2.24, 2.45) is 23.7 Å². The van der Waals surface area contributed by atoms with Crippen molar-refractivity contribution < 1.29 is 0 Å². The number of rotatable bonds is 0. The number of halogens is 1. The minimum Gasteiger partial charge on any atom is -0.123 e. The molecule has 0 heterocycles. The molecule has 0 saturated heterocycles. The lowest BCUT2D eigenvalue weighted by molar-refractivity contribution is 0.263. The molecule has 2 bridgehead atoms. The Hall–Kier alpha value is 0.290. The molecular weight excluding hydrogens is 144 g/mol. The van der Waals surface area contributed by atoms with Gasteiger partial charge in [0.2, 0.25) is 0 Å². The van der Waals surface area contributed by atoms with E-state index in [1.54, 1.807) is 0 Å². The van der Waals surface area contributed by atoms with Gasteiger partial charge >= 0.3 is 0 Å². The number of hydrogen-bond acceptors (Lipinski definition) is 0. The van der Waals surface area contributed by atoms with E-state index in [-0.39, 0.29) is 0 Å². The van der Waals surface area contributed by atoms with Gasteiger partial charge in [0.15, 0.2) is 0 Å². The Morgan fingerprint density at radius 2 is 1.80 bits per heavy atom. The topological polar surface area (TPSA) is 0 Å². The van der Waals surface area contributed by atoms with E-state index in [1.807, 2.05) is 0 Å². The third kappa shape index (κ3) is 0.747. The zero-order valence-corrected chi connectivity index (χ0v) is 7.43. The van der Waals surface area contributed by atoms with Crippen LogP contribution in [0.2, 0.25) is 0 Å². The predicted octanol–water partition coefficient (Wildman–Crippen LogP) is 2.91. The number of fused-ring (bicyclic) bond motifs is 2. The summed E-state index contributed by atoms with van der Waals surface area (Å²) in [6.07, 6.45) is 2.70. The molecule has 0 amide bonds. The molecule has 0 N–H and O–H groups in total. The quantitative estimate of drug-likeness (QED) is 0.476. The second kappa shape index (κ2) is 2.14. The largest absolute Gasteiger partial charge is 0.123 e. The molecule has 2 fully saturated rings. The zero-order chi connectivity index (χ0) is 7.30. The highest BCUT2D eigenvalue weighted by Gasteiger charge is 2.47. The summed E-state index contributed by atoms with van der Waals surface area (Å²) in [5, 5.41) is 0.510. The SMILES string of the molecule is CC1C(C)[C@H]2C[C@@H]1CC2Cl. The average molecular weight is 159 g/mol. The third-order valence-electron chi connectivity index (χ3n) is 3.82. The first-order valence-electron chi connectivity index (χ1n) is 4.34. The van der Waals surface area contributed by atoms with Crippen LogP contribution < -0.4 is 0 Å². The van der Waals surface area contributed by atoms with E-state index >= 15 is 0 Å². The Balaban J connectivity index is 2.16. The molecule has 2 rings (SSSR count). The normalized spacial score (nSPS) is 59.7. The van der Waals surface area contributed by atoms with E-state index in [1.165, 1.54) is 12.8 Å². The van der Waals surface area contributed by atoms with Crippen LogP contribution in [-0.4, -0.2) is 5.38 Å². The monoisotopic (exact) mass is 158 g/mol. The lowest BCUT2D eigenvalue weighted by atomic mass is 9.82. The van der Waals surface area contributed by atoms with Gasteiger partial charge in [-0.1, -0.05) is 13.8 Å². The summed E-state index contributed by atoms with van der Waals surface area (Å²) in [5.74, 6) is 3.64. The van der Waals surface area contributed by atoms with Crippen molar-refractivity contribution in [2.45, 2.75) is 32.1 Å². The van der Waals surface area contributed by atoms with Crippen molar-refractivity contribution in [2.75, 3.05) is 0 Å². The molecule has 0 nitrogen and oxygen atoms in total. The van der Waals surface area contributed by atoms with Crippen LogP contribution in [0.15, 0.2) is 0 Å². The Bertz CT molecular complexity index is 142. The lowest BCUT2D eigenvalue weighted by Crippen LogP contribution is -2.24. The maximum Gasteiger partial charge on any atom is 0.0369 e. The Morgan fingerprint density at radius 1 is 1.10 bits per heavy atom. The van der Waals surface area contributed by atoms with Gasteiger partial charge < -0.3 is 0 Å². The second-order valence-electron chi connectivity index (χ2n) is 4.13. The van der Waals surface area contributed by atoms with E-state index in [4.69, 9.17) is 11.6 Å². The molecule has 0 aromatic heterocycles. The Morgan fingerprint density at radius 3 is 2.20 bits per heavy atom. The third-order valence-corrected chi connectivity index (χ3v) is 4.32. The van der Waals surface area contributed by atoms with Crippen LogP contribution in [0.5, 0.6) is 0 Å². The first kappa shape index (κ1) is 6.97. The first-order chi connectivity index (χ1) is 4.70. The highest BCUT2D eigenvalue weighted by atomic mass is 35.5. The molecule has 2 saturated carbocycles. The van der Waals surface area contributed by atoms with Gasteiger partial charge in [-0.2, -0.15) is 0 Å². The highest BCUT2D eigenvalue weighted by Crippen LogP contribution is 2.53. The van der Waals surface area contributed by atoms with Gasteiger partial charge in [-0.25, -0.2) is 0 Å². The van der Waals surface area contributed by atoms with E-state index in [2.05, 4.69) is 13.8 Å². The van der Waals surface area contributed by atoms with Crippen molar-refractivity contribution in [1.82, 2.24) is 0 Å². The molecule has 0 aromatic rings. The highest BCUT2D eigenvalue weighted by molar-refractivity contribution is 6.21. The van der Waals surface area contributed by atoms with Crippen LogP contribution in [0.25, 0.3) is 0 Å². The average Bonchev–Trinajstić information content (AvgIpc) is 2.36. The summed E-state index contributed by atoms with van der Waals surface area (Å²) < 4.78 is 0. The Kier molecular flexibility index (Phi) is 1.49. The van der Waals surface area contributed by atoms with Gasteiger partial charge in [-0.05, 0) is 36.5 Å². The molecular formula is C9H15Cl. The van der Waals surface area contributed by atoms with Gasteiger partial charge in [0, 0.05) is 5.38 Å².